The lowest BCUT2D eigenvalue weighted by molar-refractivity contribution is 1.06. The van der Waals surface area contributed by atoms with E-state index in [9.17, 15) is 4.91 Å². The van der Waals surface area contributed by atoms with Gasteiger partial charge in [-0.05, 0) is 23.8 Å². The van der Waals surface area contributed by atoms with Crippen molar-refractivity contribution < 1.29 is 0 Å². The van der Waals surface area contributed by atoms with Crippen LogP contribution in [0.2, 0.25) is 5.02 Å². The molecular formula is C13H9ClN4O. The minimum atomic E-state index is 0.0743. The highest BCUT2D eigenvalue weighted by atomic mass is 35.5. The van der Waals surface area contributed by atoms with Crippen molar-refractivity contribution in [3.63, 3.8) is 0 Å². The normalized spacial score (nSPS) is 10.8. The Hall–Kier alpha value is -2.27. The molecule has 1 N–H and O–H groups in total. The molecular weight excluding hydrogens is 264 g/mol. The van der Waals surface area contributed by atoms with Gasteiger partial charge in [0.25, 0.3) is 0 Å². The number of H-pyrrole nitrogens is 1. The molecule has 0 bridgehead atoms. The van der Waals surface area contributed by atoms with Crippen LogP contribution in [-0.2, 0) is 6.54 Å². The zero-order valence-electron chi connectivity index (χ0n) is 9.80. The van der Waals surface area contributed by atoms with Crippen LogP contribution in [0, 0.1) is 4.91 Å². The number of rotatable bonds is 3. The van der Waals surface area contributed by atoms with Crippen molar-refractivity contribution in [2.45, 2.75) is 6.54 Å². The van der Waals surface area contributed by atoms with E-state index in [1.54, 1.807) is 18.5 Å². The van der Waals surface area contributed by atoms with Gasteiger partial charge in [0, 0.05) is 10.6 Å². The molecule has 1 aromatic carbocycles. The molecule has 0 saturated carbocycles. The third-order valence-corrected chi connectivity index (χ3v) is 3.22. The molecule has 5 nitrogen and oxygen atoms in total. The molecule has 19 heavy (non-hydrogen) atoms. The molecule has 6 heteroatoms. The number of nitrogens with zero attached hydrogens (tertiary/aromatic N) is 3. The molecule has 3 rings (SSSR count). The minimum absolute atomic E-state index is 0.0743. The number of fused-ring (bicyclic) bond motifs is 1. The summed E-state index contributed by atoms with van der Waals surface area (Å²) in [5.74, 6) is 0. The standard InChI is InChI=1S/C13H9ClN4O/c14-10-5-8(1-2-9(10)6-17-19)11-3-4-12-13(18-11)16-7-15-12/h1-5,7H,6H2,(H,15,16,18). The summed E-state index contributed by atoms with van der Waals surface area (Å²) >= 11 is 6.11. The monoisotopic (exact) mass is 272 g/mol. The summed E-state index contributed by atoms with van der Waals surface area (Å²) < 4.78 is 0. The number of pyridine rings is 1. The van der Waals surface area contributed by atoms with Crippen LogP contribution in [0.3, 0.4) is 0 Å². The Morgan fingerprint density at radius 2 is 2.16 bits per heavy atom. The Morgan fingerprint density at radius 1 is 1.26 bits per heavy atom. The van der Waals surface area contributed by atoms with E-state index in [-0.39, 0.29) is 6.54 Å². The summed E-state index contributed by atoms with van der Waals surface area (Å²) in [7, 11) is 0. The Morgan fingerprint density at radius 3 is 2.95 bits per heavy atom. The maximum atomic E-state index is 10.3. The van der Waals surface area contributed by atoms with E-state index in [2.05, 4.69) is 20.1 Å². The lowest BCUT2D eigenvalue weighted by atomic mass is 10.1. The minimum Gasteiger partial charge on any atom is -0.343 e. The quantitative estimate of drug-likeness (QED) is 0.741. The van der Waals surface area contributed by atoms with Gasteiger partial charge in [0.05, 0.1) is 17.5 Å². The second-order valence-electron chi connectivity index (χ2n) is 4.06. The molecule has 0 saturated heterocycles. The van der Waals surface area contributed by atoms with Crippen molar-refractivity contribution in [2.75, 3.05) is 0 Å². The fourth-order valence-electron chi connectivity index (χ4n) is 1.89. The Labute approximate surface area is 113 Å². The first-order chi connectivity index (χ1) is 9.28. The number of imidazole rings is 1. The molecule has 0 atom stereocenters. The number of aromatic nitrogens is 3. The summed E-state index contributed by atoms with van der Waals surface area (Å²) in [6, 6.07) is 9.24. The summed E-state index contributed by atoms with van der Waals surface area (Å²) in [5.41, 5.74) is 3.92. The van der Waals surface area contributed by atoms with Gasteiger partial charge in [0.15, 0.2) is 5.65 Å². The smallest absolute Gasteiger partial charge is 0.177 e. The predicted octanol–water partition coefficient (Wildman–Crippen LogP) is 3.54. The molecule has 0 fully saturated rings. The van der Waals surface area contributed by atoms with Gasteiger partial charge in [-0.1, -0.05) is 28.9 Å². The molecule has 0 aliphatic heterocycles. The second kappa shape index (κ2) is 4.78. The van der Waals surface area contributed by atoms with E-state index in [4.69, 9.17) is 11.6 Å². The summed E-state index contributed by atoms with van der Waals surface area (Å²) in [6.07, 6.45) is 1.60. The van der Waals surface area contributed by atoms with Gasteiger partial charge in [-0.15, -0.1) is 0 Å². The van der Waals surface area contributed by atoms with Crippen LogP contribution in [0.15, 0.2) is 41.8 Å². The van der Waals surface area contributed by atoms with Crippen LogP contribution in [0.4, 0.5) is 0 Å². The Bertz CT molecular complexity index is 753. The topological polar surface area (TPSA) is 71.0 Å². The highest BCUT2D eigenvalue weighted by molar-refractivity contribution is 6.31. The largest absolute Gasteiger partial charge is 0.343 e. The van der Waals surface area contributed by atoms with E-state index >= 15 is 0 Å². The molecule has 0 amide bonds. The van der Waals surface area contributed by atoms with Gasteiger partial charge in [-0.25, -0.2) is 9.97 Å². The number of nitroso groups, excluding NO2 is 1. The maximum Gasteiger partial charge on any atom is 0.177 e. The fraction of sp³-hybridized carbons (Fsp3) is 0.0769. The van der Waals surface area contributed by atoms with Crippen molar-refractivity contribution in [1.82, 2.24) is 15.0 Å². The third-order valence-electron chi connectivity index (χ3n) is 2.87. The maximum absolute atomic E-state index is 10.3. The van der Waals surface area contributed by atoms with Crippen LogP contribution in [0.5, 0.6) is 0 Å². The van der Waals surface area contributed by atoms with E-state index < -0.39 is 0 Å². The highest BCUT2D eigenvalue weighted by Gasteiger charge is 2.06. The first-order valence-corrected chi connectivity index (χ1v) is 6.04. The Balaban J connectivity index is 2.05. The number of benzene rings is 1. The zero-order valence-corrected chi connectivity index (χ0v) is 10.6. The van der Waals surface area contributed by atoms with Crippen LogP contribution < -0.4 is 0 Å². The molecule has 3 aromatic rings. The molecule has 94 valence electrons. The van der Waals surface area contributed by atoms with Gasteiger partial charge in [-0.3, -0.25) is 0 Å². The van der Waals surface area contributed by atoms with E-state index in [1.165, 1.54) is 0 Å². The van der Waals surface area contributed by atoms with Crippen molar-refractivity contribution in [3.8, 4) is 11.3 Å². The lowest BCUT2D eigenvalue weighted by Gasteiger charge is -2.04. The average Bonchev–Trinajstić information content (AvgIpc) is 2.88. The first kappa shape index (κ1) is 11.8. The predicted molar refractivity (Wildman–Crippen MR) is 73.8 cm³/mol. The number of nitrogens with one attached hydrogen (secondary N) is 1. The molecule has 0 aliphatic rings. The number of hydrogen-bond donors (Lipinski definition) is 1. The lowest BCUT2D eigenvalue weighted by Crippen LogP contribution is -1.88. The molecule has 0 spiro atoms. The molecule has 0 aliphatic carbocycles. The molecule has 0 unspecified atom stereocenters. The molecule has 2 aromatic heterocycles. The summed E-state index contributed by atoms with van der Waals surface area (Å²) in [5, 5.41) is 3.35. The number of aromatic amines is 1. The van der Waals surface area contributed by atoms with Crippen molar-refractivity contribution in [2.24, 2.45) is 5.18 Å². The van der Waals surface area contributed by atoms with Crippen molar-refractivity contribution in [1.29, 1.82) is 0 Å². The summed E-state index contributed by atoms with van der Waals surface area (Å²) in [4.78, 5) is 21.8. The van der Waals surface area contributed by atoms with Gasteiger partial charge in [-0.2, -0.15) is 4.91 Å². The average molecular weight is 273 g/mol. The van der Waals surface area contributed by atoms with E-state index in [0.29, 0.717) is 16.2 Å². The van der Waals surface area contributed by atoms with Gasteiger partial charge >= 0.3 is 0 Å². The third kappa shape index (κ3) is 2.20. The highest BCUT2D eigenvalue weighted by Crippen LogP contribution is 2.25. The SMILES string of the molecule is O=NCc1ccc(-c2ccc3[nH]cnc3n2)cc1Cl. The van der Waals surface area contributed by atoms with Crippen LogP contribution >= 0.6 is 11.6 Å². The number of halogens is 1. The van der Waals surface area contributed by atoms with Crippen LogP contribution in [0.1, 0.15) is 5.56 Å². The van der Waals surface area contributed by atoms with Crippen LogP contribution in [-0.4, -0.2) is 15.0 Å². The van der Waals surface area contributed by atoms with E-state index in [1.807, 2.05) is 18.2 Å². The van der Waals surface area contributed by atoms with E-state index in [0.717, 1.165) is 16.8 Å². The molecule has 0 radical (unpaired) electrons. The van der Waals surface area contributed by atoms with Crippen molar-refractivity contribution >= 4 is 22.8 Å². The van der Waals surface area contributed by atoms with Gasteiger partial charge in [0.1, 0.15) is 6.54 Å². The number of hydrogen-bond acceptors (Lipinski definition) is 4. The fourth-order valence-corrected chi connectivity index (χ4v) is 2.13. The van der Waals surface area contributed by atoms with Crippen LogP contribution in [0.25, 0.3) is 22.4 Å². The van der Waals surface area contributed by atoms with Crippen molar-refractivity contribution in [3.05, 3.63) is 52.2 Å². The zero-order chi connectivity index (χ0) is 13.2. The molecule has 2 heterocycles. The summed E-state index contributed by atoms with van der Waals surface area (Å²) in [6.45, 7) is 0.0743. The Kier molecular flexibility index (Phi) is 2.97. The van der Waals surface area contributed by atoms with Gasteiger partial charge in [0.2, 0.25) is 0 Å². The first-order valence-electron chi connectivity index (χ1n) is 5.66. The van der Waals surface area contributed by atoms with Gasteiger partial charge < -0.3 is 4.98 Å². The second-order valence-corrected chi connectivity index (χ2v) is 4.47.